The van der Waals surface area contributed by atoms with Gasteiger partial charge in [0.2, 0.25) is 0 Å². The Morgan fingerprint density at radius 2 is 1.73 bits per heavy atom. The molecule has 1 aromatic heterocycles. The maximum absolute atomic E-state index is 13.2. The van der Waals surface area contributed by atoms with Crippen LogP contribution < -0.4 is 0 Å². The summed E-state index contributed by atoms with van der Waals surface area (Å²) in [6, 6.07) is 17.5. The second kappa shape index (κ2) is 6.84. The van der Waals surface area contributed by atoms with E-state index in [1.165, 1.54) is 0 Å². The molecule has 0 radical (unpaired) electrons. The fourth-order valence-corrected chi connectivity index (χ4v) is 3.60. The van der Waals surface area contributed by atoms with Crippen LogP contribution in [0.3, 0.4) is 0 Å². The van der Waals surface area contributed by atoms with Crippen molar-refractivity contribution >= 4 is 16.9 Å². The number of nitrogens with zero attached hydrogens (tertiary/aromatic N) is 3. The smallest absolute Gasteiger partial charge is 0.274 e. The Balaban J connectivity index is 1.66. The molecule has 5 nitrogen and oxygen atoms in total. The van der Waals surface area contributed by atoms with Crippen LogP contribution >= 0.6 is 0 Å². The number of morpholine rings is 1. The summed E-state index contributed by atoms with van der Waals surface area (Å²) in [5.41, 5.74) is 2.96. The van der Waals surface area contributed by atoms with E-state index in [0.29, 0.717) is 12.3 Å². The summed E-state index contributed by atoms with van der Waals surface area (Å²) >= 11 is 0. The van der Waals surface area contributed by atoms with Gasteiger partial charge in [0.15, 0.2) is 0 Å². The van der Waals surface area contributed by atoms with E-state index in [0.717, 1.165) is 16.6 Å². The second-order valence-electron chi connectivity index (χ2n) is 6.71. The Kier molecular flexibility index (Phi) is 4.39. The van der Waals surface area contributed by atoms with Crippen LogP contribution in [-0.2, 0) is 4.74 Å². The van der Waals surface area contributed by atoms with Gasteiger partial charge in [-0.15, -0.1) is 0 Å². The van der Waals surface area contributed by atoms with E-state index < -0.39 is 0 Å². The minimum Gasteiger partial charge on any atom is -0.369 e. The van der Waals surface area contributed by atoms with Crippen molar-refractivity contribution in [2.75, 3.05) is 6.61 Å². The van der Waals surface area contributed by atoms with Gasteiger partial charge in [-0.2, -0.15) is 0 Å². The SMILES string of the molecule is C[C@@H]1CO[C@H](c2ccccc2)[C@H](C)N1C(=O)c1cnc2ccccc2n1. The van der Waals surface area contributed by atoms with Gasteiger partial charge in [-0.1, -0.05) is 42.5 Å². The van der Waals surface area contributed by atoms with E-state index in [2.05, 4.69) is 9.97 Å². The van der Waals surface area contributed by atoms with E-state index in [1.807, 2.05) is 73.3 Å². The molecule has 0 unspecified atom stereocenters. The highest BCUT2D eigenvalue weighted by Gasteiger charge is 2.38. The van der Waals surface area contributed by atoms with Crippen molar-refractivity contribution in [3.63, 3.8) is 0 Å². The van der Waals surface area contributed by atoms with Crippen molar-refractivity contribution in [2.24, 2.45) is 0 Å². The van der Waals surface area contributed by atoms with Gasteiger partial charge >= 0.3 is 0 Å². The lowest BCUT2D eigenvalue weighted by atomic mass is 9.98. The van der Waals surface area contributed by atoms with Crippen LogP contribution in [0.4, 0.5) is 0 Å². The standard InChI is InChI=1S/C21H21N3O2/c1-14-13-26-20(16-8-4-3-5-9-16)15(2)24(14)21(25)19-12-22-17-10-6-7-11-18(17)23-19/h3-12,14-15,20H,13H2,1-2H3/t14-,15+,20+/m1/s1. The monoisotopic (exact) mass is 347 g/mol. The third-order valence-electron chi connectivity index (χ3n) is 4.90. The molecule has 132 valence electrons. The zero-order valence-corrected chi connectivity index (χ0v) is 14.9. The van der Waals surface area contributed by atoms with Crippen LogP contribution in [0.5, 0.6) is 0 Å². The second-order valence-corrected chi connectivity index (χ2v) is 6.71. The van der Waals surface area contributed by atoms with Crippen LogP contribution in [0.2, 0.25) is 0 Å². The van der Waals surface area contributed by atoms with E-state index in [9.17, 15) is 4.79 Å². The summed E-state index contributed by atoms with van der Waals surface area (Å²) in [4.78, 5) is 24.0. The first-order chi connectivity index (χ1) is 12.6. The number of carbonyl (C=O) groups excluding carboxylic acids is 1. The molecule has 2 aromatic carbocycles. The number of fused-ring (bicyclic) bond motifs is 1. The Bertz CT molecular complexity index is 929. The maximum Gasteiger partial charge on any atom is 0.274 e. The summed E-state index contributed by atoms with van der Waals surface area (Å²) in [5, 5.41) is 0. The van der Waals surface area contributed by atoms with Gasteiger partial charge in [-0.05, 0) is 31.5 Å². The molecule has 3 atom stereocenters. The molecule has 0 spiro atoms. The van der Waals surface area contributed by atoms with Crippen molar-refractivity contribution in [3.05, 3.63) is 72.1 Å². The molecule has 0 aliphatic carbocycles. The average Bonchev–Trinajstić information content (AvgIpc) is 2.68. The summed E-state index contributed by atoms with van der Waals surface area (Å²) in [6.45, 7) is 4.53. The summed E-state index contributed by atoms with van der Waals surface area (Å²) < 4.78 is 6.05. The molecule has 1 aliphatic heterocycles. The van der Waals surface area contributed by atoms with E-state index in [1.54, 1.807) is 6.20 Å². The van der Waals surface area contributed by atoms with Crippen LogP contribution in [0.25, 0.3) is 11.0 Å². The van der Waals surface area contributed by atoms with Crippen LogP contribution in [0, 0.1) is 0 Å². The van der Waals surface area contributed by atoms with E-state index >= 15 is 0 Å². The highest BCUT2D eigenvalue weighted by molar-refractivity contribution is 5.94. The van der Waals surface area contributed by atoms with Gasteiger partial charge < -0.3 is 9.64 Å². The number of hydrogen-bond donors (Lipinski definition) is 0. The molecule has 1 aliphatic rings. The first-order valence-corrected chi connectivity index (χ1v) is 8.86. The van der Waals surface area contributed by atoms with Crippen molar-refractivity contribution in [3.8, 4) is 0 Å². The number of para-hydroxylation sites is 2. The lowest BCUT2D eigenvalue weighted by Crippen LogP contribution is -2.53. The highest BCUT2D eigenvalue weighted by Crippen LogP contribution is 2.31. The van der Waals surface area contributed by atoms with Gasteiger partial charge in [0.25, 0.3) is 5.91 Å². The van der Waals surface area contributed by atoms with Gasteiger partial charge in [0.05, 0.1) is 35.9 Å². The van der Waals surface area contributed by atoms with Crippen molar-refractivity contribution < 1.29 is 9.53 Å². The van der Waals surface area contributed by atoms with Crippen LogP contribution in [0.1, 0.15) is 36.0 Å². The quantitative estimate of drug-likeness (QED) is 0.710. The van der Waals surface area contributed by atoms with E-state index in [4.69, 9.17) is 4.74 Å². The number of carbonyl (C=O) groups is 1. The molecular weight excluding hydrogens is 326 g/mol. The van der Waals surface area contributed by atoms with E-state index in [-0.39, 0.29) is 24.1 Å². The predicted molar refractivity (Wildman–Crippen MR) is 99.8 cm³/mol. The average molecular weight is 347 g/mol. The number of aromatic nitrogens is 2. The number of ether oxygens (including phenoxy) is 1. The molecule has 4 rings (SSSR count). The lowest BCUT2D eigenvalue weighted by Gasteiger charge is -2.43. The Morgan fingerprint density at radius 1 is 1.04 bits per heavy atom. The Hall–Kier alpha value is -2.79. The predicted octanol–water partition coefficient (Wildman–Crippen LogP) is 3.62. The molecule has 3 aromatic rings. The summed E-state index contributed by atoms with van der Waals surface area (Å²) in [6.07, 6.45) is 1.42. The van der Waals surface area contributed by atoms with Gasteiger partial charge in [-0.25, -0.2) is 4.98 Å². The first kappa shape index (κ1) is 16.7. The number of benzene rings is 2. The zero-order chi connectivity index (χ0) is 18.1. The molecule has 5 heteroatoms. The van der Waals surface area contributed by atoms with Gasteiger partial charge in [0, 0.05) is 0 Å². The van der Waals surface area contributed by atoms with Crippen molar-refractivity contribution in [1.82, 2.24) is 14.9 Å². The summed E-state index contributed by atoms with van der Waals surface area (Å²) in [7, 11) is 0. The topological polar surface area (TPSA) is 55.3 Å². The Labute approximate surface area is 152 Å². The van der Waals surface area contributed by atoms with Crippen LogP contribution in [0.15, 0.2) is 60.8 Å². The minimum absolute atomic E-state index is 0.0225. The third kappa shape index (κ3) is 2.95. The molecule has 1 fully saturated rings. The minimum atomic E-state index is -0.148. The zero-order valence-electron chi connectivity index (χ0n) is 14.9. The molecular formula is C21H21N3O2. The largest absolute Gasteiger partial charge is 0.369 e. The number of hydrogen-bond acceptors (Lipinski definition) is 4. The van der Waals surface area contributed by atoms with Crippen LogP contribution in [-0.4, -0.2) is 39.5 Å². The van der Waals surface area contributed by atoms with Gasteiger partial charge in [-0.3, -0.25) is 9.78 Å². The van der Waals surface area contributed by atoms with Crippen molar-refractivity contribution in [2.45, 2.75) is 32.0 Å². The highest BCUT2D eigenvalue weighted by atomic mass is 16.5. The van der Waals surface area contributed by atoms with Crippen molar-refractivity contribution in [1.29, 1.82) is 0 Å². The first-order valence-electron chi connectivity index (χ1n) is 8.86. The number of rotatable bonds is 2. The summed E-state index contributed by atoms with van der Waals surface area (Å²) in [5.74, 6) is -0.104. The van der Waals surface area contributed by atoms with Gasteiger partial charge in [0.1, 0.15) is 11.8 Å². The lowest BCUT2D eigenvalue weighted by molar-refractivity contribution is -0.0807. The fraction of sp³-hybridized carbons (Fsp3) is 0.286. The third-order valence-corrected chi connectivity index (χ3v) is 4.90. The molecule has 1 saturated heterocycles. The molecule has 0 saturated carbocycles. The molecule has 0 N–H and O–H groups in total. The Morgan fingerprint density at radius 3 is 2.50 bits per heavy atom. The molecule has 1 amide bonds. The fourth-order valence-electron chi connectivity index (χ4n) is 3.60. The molecule has 2 heterocycles. The molecule has 0 bridgehead atoms. The molecule has 26 heavy (non-hydrogen) atoms. The maximum atomic E-state index is 13.2. The number of amides is 1. The normalized spacial score (nSPS) is 23.2.